The Balaban J connectivity index is 1.49. The molecule has 0 amide bonds. The molecule has 2 N–H and O–H groups in total. The topological polar surface area (TPSA) is 67.8 Å². The average Bonchev–Trinajstić information content (AvgIpc) is 3.11. The maximum atomic E-state index is 5.78. The highest BCUT2D eigenvalue weighted by atomic mass is 35.5. The van der Waals surface area contributed by atoms with Crippen molar-refractivity contribution in [3.63, 3.8) is 0 Å². The number of nitrogens with zero attached hydrogens (tertiary/aromatic N) is 2. The zero-order valence-corrected chi connectivity index (χ0v) is 15.0. The van der Waals surface area contributed by atoms with Gasteiger partial charge in [-0.15, -0.1) is 0 Å². The van der Waals surface area contributed by atoms with E-state index in [1.54, 1.807) is 13.2 Å². The number of rotatable bonds is 9. The van der Waals surface area contributed by atoms with Gasteiger partial charge in [-0.2, -0.15) is 0 Å². The van der Waals surface area contributed by atoms with Gasteiger partial charge in [-0.05, 0) is 30.9 Å². The second-order valence-electron chi connectivity index (χ2n) is 5.82. The van der Waals surface area contributed by atoms with E-state index in [0.29, 0.717) is 11.1 Å². The van der Waals surface area contributed by atoms with E-state index >= 15 is 0 Å². The molecule has 1 aromatic heterocycles. The minimum atomic E-state index is 0.520. The highest BCUT2D eigenvalue weighted by Crippen LogP contribution is 2.12. The zero-order chi connectivity index (χ0) is 17.0. The fraction of sp³-hybridized carbons (Fsp3) is 0.647. The molecule has 1 saturated heterocycles. The summed E-state index contributed by atoms with van der Waals surface area (Å²) in [6, 6.07) is 3.79. The van der Waals surface area contributed by atoms with Gasteiger partial charge in [-0.3, -0.25) is 4.99 Å². The third-order valence-corrected chi connectivity index (χ3v) is 4.08. The van der Waals surface area contributed by atoms with E-state index < -0.39 is 0 Å². The van der Waals surface area contributed by atoms with Crippen molar-refractivity contribution in [2.45, 2.75) is 19.3 Å². The monoisotopic (exact) mass is 354 g/mol. The number of halogens is 1. The molecule has 1 atom stereocenters. The first-order chi connectivity index (χ1) is 11.8. The van der Waals surface area contributed by atoms with E-state index in [-0.39, 0.29) is 0 Å². The molecule has 6 nitrogen and oxygen atoms in total. The fourth-order valence-electron chi connectivity index (χ4n) is 2.45. The Morgan fingerprint density at radius 2 is 2.29 bits per heavy atom. The van der Waals surface area contributed by atoms with Crippen LogP contribution in [0.3, 0.4) is 0 Å². The predicted molar refractivity (Wildman–Crippen MR) is 96.7 cm³/mol. The number of aliphatic imine (C=N–C) groups is 1. The van der Waals surface area contributed by atoms with Crippen LogP contribution < -0.4 is 10.6 Å². The quantitative estimate of drug-likeness (QED) is 0.307. The molecule has 2 heterocycles. The predicted octanol–water partition coefficient (Wildman–Crippen LogP) is 1.89. The number of hydrogen-bond acceptors (Lipinski definition) is 4. The van der Waals surface area contributed by atoms with Crippen LogP contribution in [0, 0.1) is 5.92 Å². The summed E-state index contributed by atoms with van der Waals surface area (Å²) < 4.78 is 11.0. The molecule has 1 aliphatic heterocycles. The molecule has 0 radical (unpaired) electrons. The average molecular weight is 355 g/mol. The summed E-state index contributed by atoms with van der Waals surface area (Å²) in [5.41, 5.74) is 1.15. The molecule has 0 spiro atoms. The van der Waals surface area contributed by atoms with Crippen LogP contribution in [0.25, 0.3) is 0 Å². The van der Waals surface area contributed by atoms with Crippen LogP contribution in [0.4, 0.5) is 0 Å². The molecule has 1 unspecified atom stereocenters. The normalized spacial score (nSPS) is 17.9. The van der Waals surface area contributed by atoms with Gasteiger partial charge in [-0.25, -0.2) is 4.98 Å². The summed E-state index contributed by atoms with van der Waals surface area (Å²) in [6.45, 7) is 4.92. The SMILES string of the molecule is CN=C(NCCCOCC1CCOC1)NCCc1ccc(Cl)nc1. The smallest absolute Gasteiger partial charge is 0.190 e. The van der Waals surface area contributed by atoms with E-state index in [1.807, 2.05) is 12.1 Å². The molecule has 0 aliphatic carbocycles. The van der Waals surface area contributed by atoms with Crippen molar-refractivity contribution >= 4 is 17.6 Å². The molecule has 0 bridgehead atoms. The molecule has 1 aliphatic rings. The molecule has 7 heteroatoms. The Labute approximate surface area is 149 Å². The first-order valence-corrected chi connectivity index (χ1v) is 8.86. The van der Waals surface area contributed by atoms with Crippen molar-refractivity contribution < 1.29 is 9.47 Å². The second kappa shape index (κ2) is 11.2. The van der Waals surface area contributed by atoms with Crippen LogP contribution >= 0.6 is 11.6 Å². The van der Waals surface area contributed by atoms with Crippen LogP contribution in [0.2, 0.25) is 5.15 Å². The van der Waals surface area contributed by atoms with Crippen LogP contribution in [-0.4, -0.2) is 57.5 Å². The van der Waals surface area contributed by atoms with Gasteiger partial charge in [0.25, 0.3) is 0 Å². The zero-order valence-electron chi connectivity index (χ0n) is 14.3. The van der Waals surface area contributed by atoms with E-state index in [2.05, 4.69) is 20.6 Å². The number of nitrogens with one attached hydrogen (secondary N) is 2. The summed E-state index contributed by atoms with van der Waals surface area (Å²) in [6.07, 6.45) is 4.75. The number of hydrogen-bond donors (Lipinski definition) is 2. The summed E-state index contributed by atoms with van der Waals surface area (Å²) in [5.74, 6) is 1.39. The van der Waals surface area contributed by atoms with Crippen LogP contribution in [-0.2, 0) is 15.9 Å². The third kappa shape index (κ3) is 7.47. The van der Waals surface area contributed by atoms with Gasteiger partial charge in [0, 0.05) is 45.5 Å². The van der Waals surface area contributed by atoms with Gasteiger partial charge in [0.1, 0.15) is 5.15 Å². The Morgan fingerprint density at radius 1 is 1.42 bits per heavy atom. The number of ether oxygens (including phenoxy) is 2. The Bertz CT molecular complexity index is 490. The van der Waals surface area contributed by atoms with Crippen molar-refractivity contribution in [1.82, 2.24) is 15.6 Å². The number of aromatic nitrogens is 1. The van der Waals surface area contributed by atoms with E-state index in [1.165, 1.54) is 0 Å². The molecule has 0 saturated carbocycles. The van der Waals surface area contributed by atoms with Crippen LogP contribution in [0.15, 0.2) is 23.3 Å². The third-order valence-electron chi connectivity index (χ3n) is 3.85. The molecular formula is C17H27ClN4O2. The van der Waals surface area contributed by atoms with Gasteiger partial charge in [0.05, 0.1) is 13.2 Å². The van der Waals surface area contributed by atoms with E-state index in [4.69, 9.17) is 21.1 Å². The molecule has 1 aromatic rings. The van der Waals surface area contributed by atoms with Gasteiger partial charge >= 0.3 is 0 Å². The van der Waals surface area contributed by atoms with Gasteiger partial charge in [0.2, 0.25) is 0 Å². The highest BCUT2D eigenvalue weighted by molar-refractivity contribution is 6.29. The first kappa shape index (κ1) is 19.0. The standard InChI is InChI=1S/C17H27ClN4O2/c1-19-17(21-8-5-14-3-4-16(18)22-11-14)20-7-2-9-23-12-15-6-10-24-13-15/h3-4,11,15H,2,5-10,12-13H2,1H3,(H2,19,20,21). The lowest BCUT2D eigenvalue weighted by Gasteiger charge is -2.12. The summed E-state index contributed by atoms with van der Waals surface area (Å²) in [7, 11) is 1.77. The Kier molecular flexibility index (Phi) is 8.87. The lowest BCUT2D eigenvalue weighted by atomic mass is 10.1. The van der Waals surface area contributed by atoms with Crippen molar-refractivity contribution in [3.05, 3.63) is 29.0 Å². The van der Waals surface area contributed by atoms with Crippen molar-refractivity contribution in [2.24, 2.45) is 10.9 Å². The molecule has 134 valence electrons. The van der Waals surface area contributed by atoms with Crippen molar-refractivity contribution in [3.8, 4) is 0 Å². The van der Waals surface area contributed by atoms with Crippen molar-refractivity contribution in [2.75, 3.05) is 46.6 Å². The first-order valence-electron chi connectivity index (χ1n) is 8.48. The van der Waals surface area contributed by atoms with Crippen molar-refractivity contribution in [1.29, 1.82) is 0 Å². The maximum absolute atomic E-state index is 5.78. The lowest BCUT2D eigenvalue weighted by Crippen LogP contribution is -2.39. The minimum absolute atomic E-state index is 0.520. The Hall–Kier alpha value is -1.37. The van der Waals surface area contributed by atoms with Gasteiger partial charge < -0.3 is 20.1 Å². The van der Waals surface area contributed by atoms with Crippen LogP contribution in [0.5, 0.6) is 0 Å². The second-order valence-corrected chi connectivity index (χ2v) is 6.21. The minimum Gasteiger partial charge on any atom is -0.381 e. The molecule has 2 rings (SSSR count). The van der Waals surface area contributed by atoms with Crippen LogP contribution in [0.1, 0.15) is 18.4 Å². The van der Waals surface area contributed by atoms with E-state index in [9.17, 15) is 0 Å². The van der Waals surface area contributed by atoms with Gasteiger partial charge in [-0.1, -0.05) is 17.7 Å². The summed E-state index contributed by atoms with van der Waals surface area (Å²) in [5, 5.41) is 7.10. The number of pyridine rings is 1. The largest absolute Gasteiger partial charge is 0.381 e. The summed E-state index contributed by atoms with van der Waals surface area (Å²) in [4.78, 5) is 8.29. The van der Waals surface area contributed by atoms with Gasteiger partial charge in [0.15, 0.2) is 5.96 Å². The molecule has 0 aromatic carbocycles. The molecule has 24 heavy (non-hydrogen) atoms. The fourth-order valence-corrected chi connectivity index (χ4v) is 2.56. The molecule has 1 fully saturated rings. The number of guanidine groups is 1. The summed E-state index contributed by atoms with van der Waals surface area (Å²) >= 11 is 5.78. The Morgan fingerprint density at radius 3 is 3.00 bits per heavy atom. The molecular weight excluding hydrogens is 328 g/mol. The lowest BCUT2D eigenvalue weighted by molar-refractivity contribution is 0.0888. The van der Waals surface area contributed by atoms with E-state index in [0.717, 1.165) is 70.3 Å². The highest BCUT2D eigenvalue weighted by Gasteiger charge is 2.15. The maximum Gasteiger partial charge on any atom is 0.190 e.